The predicted octanol–water partition coefficient (Wildman–Crippen LogP) is 5.37. The Balaban J connectivity index is 1.91. The molecule has 0 spiro atoms. The number of fused-ring (bicyclic) bond motifs is 1. The van der Waals surface area contributed by atoms with Crippen LogP contribution in [0.1, 0.15) is 0 Å². The van der Waals surface area contributed by atoms with Crippen LogP contribution in [0.3, 0.4) is 0 Å². The Bertz CT molecular complexity index is 989. The van der Waals surface area contributed by atoms with Crippen molar-refractivity contribution in [3.8, 4) is 23.1 Å². The van der Waals surface area contributed by atoms with Crippen molar-refractivity contribution >= 4 is 60.3 Å². The van der Waals surface area contributed by atoms with E-state index in [4.69, 9.17) is 26.2 Å². The Kier molecular flexibility index (Phi) is 5.55. The largest absolute Gasteiger partial charge is 0.493 e. The first-order valence-corrected chi connectivity index (χ1v) is 9.10. The molecule has 0 aliphatic heterocycles. The molecule has 0 aliphatic carbocycles. The summed E-state index contributed by atoms with van der Waals surface area (Å²) in [5, 5.41) is 19.2. The average molecular weight is 504 g/mol. The SMILES string of the molecule is O=C(O)COc1cc(Br)c(Oc2ccc3nc(O)cc(Cl)c3c2)c(Br)c1. The molecule has 1 heterocycles. The third kappa shape index (κ3) is 4.20. The van der Waals surface area contributed by atoms with Crippen LogP contribution < -0.4 is 9.47 Å². The fourth-order valence-corrected chi connectivity index (χ4v) is 3.75. The van der Waals surface area contributed by atoms with Crippen LogP contribution >= 0.6 is 43.5 Å². The number of pyridine rings is 1. The lowest BCUT2D eigenvalue weighted by Gasteiger charge is -2.13. The maximum atomic E-state index is 10.6. The summed E-state index contributed by atoms with van der Waals surface area (Å²) in [7, 11) is 0. The minimum absolute atomic E-state index is 0.154. The van der Waals surface area contributed by atoms with Gasteiger partial charge in [-0.05, 0) is 62.2 Å². The molecule has 0 unspecified atom stereocenters. The molecule has 0 aliphatic rings. The fourth-order valence-electron chi connectivity index (χ4n) is 2.19. The number of ether oxygens (including phenoxy) is 2. The highest BCUT2D eigenvalue weighted by molar-refractivity contribution is 9.11. The van der Waals surface area contributed by atoms with Crippen LogP contribution in [-0.2, 0) is 4.79 Å². The second kappa shape index (κ2) is 7.69. The van der Waals surface area contributed by atoms with Gasteiger partial charge in [-0.2, -0.15) is 0 Å². The van der Waals surface area contributed by atoms with E-state index in [0.29, 0.717) is 42.1 Å². The van der Waals surface area contributed by atoms with E-state index in [2.05, 4.69) is 36.8 Å². The molecule has 3 aromatic rings. The number of aromatic hydroxyl groups is 1. The quantitative estimate of drug-likeness (QED) is 0.486. The molecule has 1 aromatic heterocycles. The lowest BCUT2D eigenvalue weighted by atomic mass is 10.2. The first kappa shape index (κ1) is 18.8. The van der Waals surface area contributed by atoms with Crippen molar-refractivity contribution in [2.75, 3.05) is 6.61 Å². The van der Waals surface area contributed by atoms with Crippen LogP contribution in [0.15, 0.2) is 45.3 Å². The van der Waals surface area contributed by atoms with Crippen molar-refractivity contribution in [2.45, 2.75) is 0 Å². The lowest BCUT2D eigenvalue weighted by Crippen LogP contribution is -2.09. The number of carboxylic acid groups (broad SMARTS) is 1. The van der Waals surface area contributed by atoms with Crippen LogP contribution in [0.2, 0.25) is 5.02 Å². The highest BCUT2D eigenvalue weighted by Crippen LogP contribution is 2.40. The molecule has 2 aromatic carbocycles. The minimum atomic E-state index is -1.06. The molecule has 0 saturated carbocycles. The molecular weight excluding hydrogens is 493 g/mol. The van der Waals surface area contributed by atoms with Gasteiger partial charge in [-0.1, -0.05) is 11.6 Å². The first-order chi connectivity index (χ1) is 12.3. The van der Waals surface area contributed by atoms with Crippen LogP contribution in [0.5, 0.6) is 23.1 Å². The fraction of sp³-hybridized carbons (Fsp3) is 0.0588. The highest BCUT2D eigenvalue weighted by atomic mass is 79.9. The number of benzene rings is 2. The summed E-state index contributed by atoms with van der Waals surface area (Å²) in [5.41, 5.74) is 0.540. The molecule has 0 saturated heterocycles. The zero-order valence-corrected chi connectivity index (χ0v) is 16.8. The second-order valence-electron chi connectivity index (χ2n) is 5.14. The van der Waals surface area contributed by atoms with Crippen LogP contribution in [0.4, 0.5) is 0 Å². The Hall–Kier alpha value is -2.03. The zero-order chi connectivity index (χ0) is 18.8. The van der Waals surface area contributed by atoms with Gasteiger partial charge in [0.1, 0.15) is 11.5 Å². The van der Waals surface area contributed by atoms with Gasteiger partial charge in [-0.25, -0.2) is 9.78 Å². The van der Waals surface area contributed by atoms with Crippen LogP contribution in [-0.4, -0.2) is 27.8 Å². The number of aromatic nitrogens is 1. The van der Waals surface area contributed by atoms with E-state index in [9.17, 15) is 9.90 Å². The second-order valence-corrected chi connectivity index (χ2v) is 7.26. The highest BCUT2D eigenvalue weighted by Gasteiger charge is 2.13. The third-order valence-corrected chi connectivity index (χ3v) is 4.76. The van der Waals surface area contributed by atoms with Crippen LogP contribution in [0, 0.1) is 0 Å². The third-order valence-electron chi connectivity index (χ3n) is 3.27. The Morgan fingerprint density at radius 1 is 1.12 bits per heavy atom. The Labute approximate surface area is 169 Å². The number of nitrogens with zero attached hydrogens (tertiary/aromatic N) is 1. The summed E-state index contributed by atoms with van der Waals surface area (Å²) in [6, 6.07) is 9.65. The molecule has 134 valence electrons. The molecule has 0 amide bonds. The van der Waals surface area contributed by atoms with E-state index >= 15 is 0 Å². The summed E-state index contributed by atoms with van der Waals surface area (Å²) in [5.74, 6) is 0.144. The summed E-state index contributed by atoms with van der Waals surface area (Å²) in [4.78, 5) is 14.6. The number of aliphatic carboxylic acids is 1. The van der Waals surface area contributed by atoms with Gasteiger partial charge in [0.2, 0.25) is 5.88 Å². The number of rotatable bonds is 5. The van der Waals surface area contributed by atoms with E-state index in [-0.39, 0.29) is 5.88 Å². The van der Waals surface area contributed by atoms with Gasteiger partial charge in [0, 0.05) is 11.5 Å². The van der Waals surface area contributed by atoms with Crippen molar-refractivity contribution < 1.29 is 24.5 Å². The maximum Gasteiger partial charge on any atom is 0.341 e. The van der Waals surface area contributed by atoms with Gasteiger partial charge >= 0.3 is 5.97 Å². The smallest absolute Gasteiger partial charge is 0.341 e. The Morgan fingerprint density at radius 3 is 2.46 bits per heavy atom. The summed E-state index contributed by atoms with van der Waals surface area (Å²) in [6.07, 6.45) is 0. The summed E-state index contributed by atoms with van der Waals surface area (Å²) >= 11 is 12.9. The molecule has 26 heavy (non-hydrogen) atoms. The number of carbonyl (C=O) groups is 1. The molecule has 9 heteroatoms. The lowest BCUT2D eigenvalue weighted by molar-refractivity contribution is -0.139. The normalized spacial score (nSPS) is 10.7. The summed E-state index contributed by atoms with van der Waals surface area (Å²) < 4.78 is 12.2. The van der Waals surface area contributed by atoms with E-state index in [1.807, 2.05) is 0 Å². The monoisotopic (exact) mass is 501 g/mol. The van der Waals surface area contributed by atoms with Gasteiger partial charge in [0.05, 0.1) is 19.5 Å². The molecule has 0 bridgehead atoms. The van der Waals surface area contributed by atoms with Crippen molar-refractivity contribution in [1.29, 1.82) is 0 Å². The van der Waals surface area contributed by atoms with Crippen molar-refractivity contribution in [1.82, 2.24) is 4.98 Å². The van der Waals surface area contributed by atoms with E-state index < -0.39 is 12.6 Å². The molecule has 2 N–H and O–H groups in total. The molecule has 6 nitrogen and oxygen atoms in total. The molecule has 3 rings (SSSR count). The van der Waals surface area contributed by atoms with E-state index in [1.54, 1.807) is 30.3 Å². The minimum Gasteiger partial charge on any atom is -0.493 e. The number of hydrogen-bond acceptors (Lipinski definition) is 5. The standard InChI is InChI=1S/C17H10Br2ClNO5/c18-11-4-9(25-7-16(23)24)5-12(19)17(11)26-8-1-2-14-10(3-8)13(20)6-15(22)21-14/h1-6H,7H2,(H,21,22)(H,23,24). The number of carboxylic acids is 1. The average Bonchev–Trinajstić information content (AvgIpc) is 2.56. The van der Waals surface area contributed by atoms with Gasteiger partial charge in [-0.3, -0.25) is 0 Å². The number of hydrogen-bond donors (Lipinski definition) is 2. The molecular formula is C17H10Br2ClNO5. The van der Waals surface area contributed by atoms with E-state index in [1.165, 1.54) is 6.07 Å². The van der Waals surface area contributed by atoms with Gasteiger partial charge < -0.3 is 19.7 Å². The van der Waals surface area contributed by atoms with E-state index in [0.717, 1.165) is 0 Å². The topological polar surface area (TPSA) is 88.9 Å². The predicted molar refractivity (Wildman–Crippen MR) is 103 cm³/mol. The zero-order valence-electron chi connectivity index (χ0n) is 12.9. The van der Waals surface area contributed by atoms with Crippen LogP contribution in [0.25, 0.3) is 10.9 Å². The molecule has 0 fully saturated rings. The Morgan fingerprint density at radius 2 is 1.81 bits per heavy atom. The van der Waals surface area contributed by atoms with Crippen molar-refractivity contribution in [3.63, 3.8) is 0 Å². The summed E-state index contributed by atoms with van der Waals surface area (Å²) in [6.45, 7) is -0.442. The first-order valence-electron chi connectivity index (χ1n) is 7.14. The van der Waals surface area contributed by atoms with Gasteiger partial charge in [-0.15, -0.1) is 0 Å². The maximum absolute atomic E-state index is 10.6. The number of halogens is 3. The van der Waals surface area contributed by atoms with Crippen molar-refractivity contribution in [3.05, 3.63) is 50.4 Å². The van der Waals surface area contributed by atoms with Gasteiger partial charge in [0.15, 0.2) is 12.4 Å². The molecule has 0 radical (unpaired) electrons. The molecule has 0 atom stereocenters. The van der Waals surface area contributed by atoms with Crippen molar-refractivity contribution in [2.24, 2.45) is 0 Å². The van der Waals surface area contributed by atoms with Gasteiger partial charge in [0.25, 0.3) is 0 Å².